The van der Waals surface area contributed by atoms with Gasteiger partial charge in [-0.05, 0) is 51.4 Å². The van der Waals surface area contributed by atoms with E-state index in [1.165, 1.54) is 12.8 Å². The van der Waals surface area contributed by atoms with Crippen LogP contribution in [0.1, 0.15) is 38.2 Å². The zero-order valence-corrected chi connectivity index (χ0v) is 11.2. The van der Waals surface area contributed by atoms with E-state index in [0.29, 0.717) is 6.04 Å². The van der Waals surface area contributed by atoms with E-state index in [4.69, 9.17) is 4.42 Å². The van der Waals surface area contributed by atoms with E-state index in [9.17, 15) is 0 Å². The lowest BCUT2D eigenvalue weighted by Crippen LogP contribution is -2.30. The smallest absolute Gasteiger partial charge is 0.118 e. The molecule has 0 saturated heterocycles. The fourth-order valence-electron chi connectivity index (χ4n) is 2.18. The highest BCUT2D eigenvalue weighted by Gasteiger charge is 2.30. The predicted octanol–water partition coefficient (Wildman–Crippen LogP) is 2.62. The van der Waals surface area contributed by atoms with Gasteiger partial charge in [-0.15, -0.1) is 0 Å². The van der Waals surface area contributed by atoms with Gasteiger partial charge in [0.05, 0.1) is 13.1 Å². The molecule has 1 heterocycles. The number of nitrogens with zero attached hydrogens (tertiary/aromatic N) is 1. The summed E-state index contributed by atoms with van der Waals surface area (Å²) in [5.74, 6) is 3.03. The van der Waals surface area contributed by atoms with Crippen molar-refractivity contribution in [3.05, 3.63) is 23.7 Å². The highest BCUT2D eigenvalue weighted by atomic mass is 16.3. The average Bonchev–Trinajstić information content (AvgIpc) is 3.08. The van der Waals surface area contributed by atoms with Crippen LogP contribution in [0.4, 0.5) is 0 Å². The second kappa shape index (κ2) is 5.69. The van der Waals surface area contributed by atoms with E-state index in [-0.39, 0.29) is 0 Å². The van der Waals surface area contributed by atoms with Gasteiger partial charge in [-0.2, -0.15) is 0 Å². The van der Waals surface area contributed by atoms with Gasteiger partial charge in [0, 0.05) is 6.04 Å². The van der Waals surface area contributed by atoms with Crippen LogP contribution in [0, 0.1) is 5.92 Å². The largest absolute Gasteiger partial charge is 0.463 e. The lowest BCUT2D eigenvalue weighted by Gasteiger charge is -2.23. The normalized spacial score (nSPS) is 17.6. The summed E-state index contributed by atoms with van der Waals surface area (Å²) in [6.07, 6.45) is 2.80. The highest BCUT2D eigenvalue weighted by Crippen LogP contribution is 2.35. The Labute approximate surface area is 104 Å². The summed E-state index contributed by atoms with van der Waals surface area (Å²) < 4.78 is 5.80. The first-order chi connectivity index (χ1) is 8.20. The van der Waals surface area contributed by atoms with E-state index < -0.39 is 0 Å². The molecule has 1 aliphatic carbocycles. The molecule has 0 radical (unpaired) electrons. The summed E-state index contributed by atoms with van der Waals surface area (Å²) in [6, 6.07) is 4.86. The van der Waals surface area contributed by atoms with Gasteiger partial charge in [0.15, 0.2) is 0 Å². The zero-order valence-electron chi connectivity index (χ0n) is 11.2. The van der Waals surface area contributed by atoms with Gasteiger partial charge >= 0.3 is 0 Å². The summed E-state index contributed by atoms with van der Waals surface area (Å²) in [6.45, 7) is 7.16. The van der Waals surface area contributed by atoms with Gasteiger partial charge in [-0.1, -0.05) is 6.92 Å². The summed E-state index contributed by atoms with van der Waals surface area (Å²) in [5.41, 5.74) is 0. The van der Waals surface area contributed by atoms with Crippen LogP contribution in [-0.2, 0) is 13.1 Å². The first kappa shape index (κ1) is 12.7. The third kappa shape index (κ3) is 3.58. The van der Waals surface area contributed by atoms with E-state index in [0.717, 1.165) is 37.1 Å². The van der Waals surface area contributed by atoms with Crippen molar-refractivity contribution in [3.8, 4) is 0 Å². The van der Waals surface area contributed by atoms with Crippen molar-refractivity contribution in [2.75, 3.05) is 13.6 Å². The van der Waals surface area contributed by atoms with Crippen molar-refractivity contribution < 1.29 is 4.42 Å². The Morgan fingerprint density at radius 1 is 1.41 bits per heavy atom. The predicted molar refractivity (Wildman–Crippen MR) is 69.7 cm³/mol. The van der Waals surface area contributed by atoms with Crippen LogP contribution < -0.4 is 5.32 Å². The molecule has 1 fully saturated rings. The first-order valence-corrected chi connectivity index (χ1v) is 6.69. The van der Waals surface area contributed by atoms with Crippen molar-refractivity contribution in [1.29, 1.82) is 0 Å². The zero-order chi connectivity index (χ0) is 12.3. The van der Waals surface area contributed by atoms with Crippen LogP contribution in [0.3, 0.4) is 0 Å². The number of hydrogen-bond acceptors (Lipinski definition) is 3. The Morgan fingerprint density at radius 2 is 2.12 bits per heavy atom. The van der Waals surface area contributed by atoms with Crippen molar-refractivity contribution >= 4 is 0 Å². The molecule has 0 aromatic carbocycles. The number of hydrogen-bond donors (Lipinski definition) is 1. The third-order valence-electron chi connectivity index (χ3n) is 3.67. The summed E-state index contributed by atoms with van der Waals surface area (Å²) in [7, 11) is 2.19. The van der Waals surface area contributed by atoms with Gasteiger partial charge < -0.3 is 9.73 Å². The van der Waals surface area contributed by atoms with Gasteiger partial charge in [0.25, 0.3) is 0 Å². The lowest BCUT2D eigenvalue weighted by molar-refractivity contribution is 0.208. The van der Waals surface area contributed by atoms with Crippen molar-refractivity contribution in [2.45, 2.75) is 45.8 Å². The Kier molecular flexibility index (Phi) is 4.24. The number of nitrogens with one attached hydrogen (secondary N) is 1. The molecule has 1 unspecified atom stereocenters. The fourth-order valence-corrected chi connectivity index (χ4v) is 2.18. The maximum atomic E-state index is 5.80. The minimum atomic E-state index is 0.678. The fraction of sp³-hybridized carbons (Fsp3) is 0.714. The van der Waals surface area contributed by atoms with Gasteiger partial charge in [-0.3, -0.25) is 4.90 Å². The second-order valence-electron chi connectivity index (χ2n) is 5.14. The van der Waals surface area contributed by atoms with Crippen molar-refractivity contribution in [2.24, 2.45) is 5.92 Å². The quantitative estimate of drug-likeness (QED) is 0.789. The number of furan rings is 1. The molecule has 17 heavy (non-hydrogen) atoms. The Balaban J connectivity index is 1.82. The summed E-state index contributed by atoms with van der Waals surface area (Å²) >= 11 is 0. The maximum absolute atomic E-state index is 5.80. The van der Waals surface area contributed by atoms with E-state index in [1.807, 2.05) is 0 Å². The molecule has 1 saturated carbocycles. The third-order valence-corrected chi connectivity index (χ3v) is 3.67. The second-order valence-corrected chi connectivity index (χ2v) is 5.14. The minimum absolute atomic E-state index is 0.678. The van der Waals surface area contributed by atoms with Crippen LogP contribution in [0.25, 0.3) is 0 Å². The monoisotopic (exact) mass is 236 g/mol. The SMILES string of the molecule is CCNCc1ccc(CN(C)C(C)C2CC2)o1. The number of rotatable bonds is 7. The maximum Gasteiger partial charge on any atom is 0.118 e. The Bertz CT molecular complexity index is 344. The molecule has 1 atom stereocenters. The molecule has 96 valence electrons. The van der Waals surface area contributed by atoms with E-state index in [1.54, 1.807) is 0 Å². The topological polar surface area (TPSA) is 28.4 Å². The molecular formula is C14H24N2O. The van der Waals surface area contributed by atoms with Gasteiger partial charge in [0.1, 0.15) is 11.5 Å². The molecule has 0 bridgehead atoms. The van der Waals surface area contributed by atoms with Crippen LogP contribution in [0.5, 0.6) is 0 Å². The van der Waals surface area contributed by atoms with Crippen LogP contribution in [0.2, 0.25) is 0 Å². The molecule has 1 aliphatic rings. The highest BCUT2D eigenvalue weighted by molar-refractivity contribution is 5.07. The van der Waals surface area contributed by atoms with E-state index >= 15 is 0 Å². The Hall–Kier alpha value is -0.800. The van der Waals surface area contributed by atoms with Gasteiger partial charge in [0.2, 0.25) is 0 Å². The van der Waals surface area contributed by atoms with Crippen LogP contribution in [-0.4, -0.2) is 24.5 Å². The van der Waals surface area contributed by atoms with Crippen molar-refractivity contribution in [3.63, 3.8) is 0 Å². The molecular weight excluding hydrogens is 212 g/mol. The Morgan fingerprint density at radius 3 is 2.76 bits per heavy atom. The average molecular weight is 236 g/mol. The van der Waals surface area contributed by atoms with Crippen LogP contribution >= 0.6 is 0 Å². The summed E-state index contributed by atoms with van der Waals surface area (Å²) in [4.78, 5) is 2.40. The molecule has 0 aliphatic heterocycles. The van der Waals surface area contributed by atoms with Crippen LogP contribution in [0.15, 0.2) is 16.5 Å². The lowest BCUT2D eigenvalue weighted by atomic mass is 10.2. The molecule has 3 nitrogen and oxygen atoms in total. The first-order valence-electron chi connectivity index (χ1n) is 6.69. The molecule has 1 aromatic heterocycles. The van der Waals surface area contributed by atoms with E-state index in [2.05, 4.69) is 43.2 Å². The molecule has 1 N–H and O–H groups in total. The molecule has 2 rings (SSSR count). The molecule has 0 amide bonds. The molecule has 0 spiro atoms. The molecule has 3 heteroatoms. The van der Waals surface area contributed by atoms with Gasteiger partial charge in [-0.25, -0.2) is 0 Å². The van der Waals surface area contributed by atoms with Crippen molar-refractivity contribution in [1.82, 2.24) is 10.2 Å². The summed E-state index contributed by atoms with van der Waals surface area (Å²) in [5, 5.41) is 3.27. The standard InChI is InChI=1S/C14H24N2O/c1-4-15-9-13-7-8-14(17-13)10-16(3)11(2)12-5-6-12/h7-8,11-12,15H,4-6,9-10H2,1-3H3. The minimum Gasteiger partial charge on any atom is -0.463 e. The molecule has 1 aromatic rings.